The summed E-state index contributed by atoms with van der Waals surface area (Å²) < 4.78 is 0. The highest BCUT2D eigenvalue weighted by Crippen LogP contribution is 2.17. The highest BCUT2D eigenvalue weighted by molar-refractivity contribution is 6.09. The van der Waals surface area contributed by atoms with Crippen molar-refractivity contribution in [2.75, 3.05) is 5.32 Å². The molecule has 0 aliphatic rings. The van der Waals surface area contributed by atoms with Crippen molar-refractivity contribution in [1.29, 1.82) is 0 Å². The molecule has 0 heterocycles. The summed E-state index contributed by atoms with van der Waals surface area (Å²) in [6.45, 7) is 1.93. The second kappa shape index (κ2) is 9.52. The molecule has 152 valence electrons. The van der Waals surface area contributed by atoms with Gasteiger partial charge in [0, 0.05) is 12.0 Å². The highest BCUT2D eigenvalue weighted by atomic mass is 16.4. The number of hydrogen-bond acceptors (Lipinski definition) is 3. The fourth-order valence-electron chi connectivity index (χ4n) is 2.98. The maximum absolute atomic E-state index is 12.8. The van der Waals surface area contributed by atoms with Crippen LogP contribution in [0.2, 0.25) is 0 Å². The molecule has 6 heteroatoms. The Morgan fingerprint density at radius 2 is 1.47 bits per heavy atom. The Hall–Kier alpha value is -3.93. The average molecular weight is 402 g/mol. The number of carbonyl (C=O) groups excluding carboxylic acids is 2. The smallest absolute Gasteiger partial charge is 0.326 e. The first kappa shape index (κ1) is 20.8. The van der Waals surface area contributed by atoms with Gasteiger partial charge in [-0.25, -0.2) is 4.79 Å². The number of nitrogens with one attached hydrogen (secondary N) is 2. The number of para-hydroxylation sites is 1. The van der Waals surface area contributed by atoms with Crippen LogP contribution in [0, 0.1) is 6.92 Å². The maximum atomic E-state index is 12.8. The molecule has 3 aromatic carbocycles. The zero-order chi connectivity index (χ0) is 21.5. The summed E-state index contributed by atoms with van der Waals surface area (Å²) in [6, 6.07) is 21.5. The van der Waals surface area contributed by atoms with Crippen LogP contribution in [0.15, 0.2) is 78.9 Å². The predicted octanol–water partition coefficient (Wildman–Crippen LogP) is 3.67. The van der Waals surface area contributed by atoms with E-state index in [2.05, 4.69) is 10.6 Å². The van der Waals surface area contributed by atoms with Crippen molar-refractivity contribution in [3.05, 3.63) is 101 Å². The van der Waals surface area contributed by atoms with Crippen molar-refractivity contribution in [1.82, 2.24) is 5.32 Å². The van der Waals surface area contributed by atoms with E-state index in [0.29, 0.717) is 11.3 Å². The normalized spacial score (nSPS) is 11.4. The van der Waals surface area contributed by atoms with Crippen LogP contribution in [0.3, 0.4) is 0 Å². The summed E-state index contributed by atoms with van der Waals surface area (Å²) in [7, 11) is 0. The third-order valence-electron chi connectivity index (χ3n) is 4.62. The monoisotopic (exact) mass is 402 g/mol. The Morgan fingerprint density at radius 3 is 2.13 bits per heavy atom. The van der Waals surface area contributed by atoms with E-state index in [1.54, 1.807) is 48.5 Å². The molecule has 1 atom stereocenters. The molecule has 0 saturated heterocycles. The first-order chi connectivity index (χ1) is 14.4. The van der Waals surface area contributed by atoms with Gasteiger partial charge in [-0.3, -0.25) is 9.59 Å². The Kier molecular flexibility index (Phi) is 6.60. The minimum atomic E-state index is -1.13. The Balaban J connectivity index is 1.76. The molecule has 2 amide bonds. The van der Waals surface area contributed by atoms with Gasteiger partial charge in [-0.2, -0.15) is 0 Å². The first-order valence-electron chi connectivity index (χ1n) is 9.48. The Labute approximate surface area is 174 Å². The molecule has 0 spiro atoms. The number of benzene rings is 3. The van der Waals surface area contributed by atoms with Crippen LogP contribution < -0.4 is 10.6 Å². The molecule has 0 unspecified atom stereocenters. The average Bonchev–Trinajstić information content (AvgIpc) is 2.74. The molecule has 0 aliphatic carbocycles. The van der Waals surface area contributed by atoms with Gasteiger partial charge in [-0.05, 0) is 36.8 Å². The molecule has 3 rings (SSSR count). The van der Waals surface area contributed by atoms with Crippen molar-refractivity contribution < 1.29 is 19.5 Å². The zero-order valence-electron chi connectivity index (χ0n) is 16.5. The SMILES string of the molecule is Cc1ccc(C(=O)Nc2ccccc2C(=O)N[C@H](Cc2ccccc2)C(=O)O)cc1. The fourth-order valence-corrected chi connectivity index (χ4v) is 2.98. The van der Waals surface area contributed by atoms with E-state index in [0.717, 1.165) is 11.1 Å². The zero-order valence-corrected chi connectivity index (χ0v) is 16.5. The molecule has 0 aliphatic heterocycles. The van der Waals surface area contributed by atoms with Gasteiger partial charge in [0.1, 0.15) is 6.04 Å². The summed E-state index contributed by atoms with van der Waals surface area (Å²) >= 11 is 0. The van der Waals surface area contributed by atoms with Crippen LogP contribution in [0.25, 0.3) is 0 Å². The summed E-state index contributed by atoms with van der Waals surface area (Å²) in [5.41, 5.74) is 2.79. The highest BCUT2D eigenvalue weighted by Gasteiger charge is 2.23. The van der Waals surface area contributed by atoms with Gasteiger partial charge in [-0.15, -0.1) is 0 Å². The van der Waals surface area contributed by atoms with Crippen molar-refractivity contribution in [2.45, 2.75) is 19.4 Å². The van der Waals surface area contributed by atoms with Gasteiger partial charge in [0.15, 0.2) is 0 Å². The van der Waals surface area contributed by atoms with E-state index >= 15 is 0 Å². The van der Waals surface area contributed by atoms with E-state index in [9.17, 15) is 19.5 Å². The van der Waals surface area contributed by atoms with E-state index in [1.807, 2.05) is 37.3 Å². The number of hydrogen-bond donors (Lipinski definition) is 3. The largest absolute Gasteiger partial charge is 0.480 e. The minimum Gasteiger partial charge on any atom is -0.480 e. The van der Waals surface area contributed by atoms with E-state index in [-0.39, 0.29) is 17.9 Å². The number of anilines is 1. The molecule has 30 heavy (non-hydrogen) atoms. The molecule has 0 aromatic heterocycles. The predicted molar refractivity (Wildman–Crippen MR) is 115 cm³/mol. The second-order valence-corrected chi connectivity index (χ2v) is 6.92. The maximum Gasteiger partial charge on any atom is 0.326 e. The standard InChI is InChI=1S/C24H22N2O4/c1-16-11-13-18(14-12-16)22(27)25-20-10-6-5-9-19(20)23(28)26-21(24(29)30)15-17-7-3-2-4-8-17/h2-14,21H,15H2,1H3,(H,25,27)(H,26,28)(H,29,30)/t21-/m1/s1. The molecule has 0 bridgehead atoms. The van der Waals surface area contributed by atoms with Gasteiger partial charge >= 0.3 is 5.97 Å². The summed E-state index contributed by atoms with van der Waals surface area (Å²) in [5.74, 6) is -2.05. The van der Waals surface area contributed by atoms with Crippen LogP contribution in [0.1, 0.15) is 31.8 Å². The van der Waals surface area contributed by atoms with Gasteiger partial charge in [0.2, 0.25) is 0 Å². The third-order valence-corrected chi connectivity index (χ3v) is 4.62. The lowest BCUT2D eigenvalue weighted by atomic mass is 10.0. The van der Waals surface area contributed by atoms with Gasteiger partial charge in [0.25, 0.3) is 11.8 Å². The molecule has 3 aromatic rings. The van der Waals surface area contributed by atoms with Gasteiger partial charge in [-0.1, -0.05) is 60.2 Å². The summed E-state index contributed by atoms with van der Waals surface area (Å²) in [4.78, 5) is 37.0. The van der Waals surface area contributed by atoms with Crippen molar-refractivity contribution >= 4 is 23.5 Å². The first-order valence-corrected chi connectivity index (χ1v) is 9.48. The molecule has 3 N–H and O–H groups in total. The molecule has 0 radical (unpaired) electrons. The second-order valence-electron chi connectivity index (χ2n) is 6.92. The topological polar surface area (TPSA) is 95.5 Å². The number of aliphatic carboxylic acids is 1. The lowest BCUT2D eigenvalue weighted by Crippen LogP contribution is -2.42. The lowest BCUT2D eigenvalue weighted by molar-refractivity contribution is -0.139. The number of carbonyl (C=O) groups is 3. The van der Waals surface area contributed by atoms with Crippen LogP contribution in [-0.2, 0) is 11.2 Å². The van der Waals surface area contributed by atoms with Crippen LogP contribution in [0.4, 0.5) is 5.69 Å². The summed E-state index contributed by atoms with van der Waals surface area (Å²) in [5, 5.41) is 14.8. The fraction of sp³-hybridized carbons (Fsp3) is 0.125. The molecular weight excluding hydrogens is 380 g/mol. The van der Waals surface area contributed by atoms with Gasteiger partial charge in [0.05, 0.1) is 11.3 Å². The molecule has 6 nitrogen and oxygen atoms in total. The lowest BCUT2D eigenvalue weighted by Gasteiger charge is -2.16. The third kappa shape index (κ3) is 5.32. The molecule has 0 saturated carbocycles. The quantitative estimate of drug-likeness (QED) is 0.562. The van der Waals surface area contributed by atoms with E-state index < -0.39 is 17.9 Å². The number of carboxylic acid groups (broad SMARTS) is 1. The van der Waals surface area contributed by atoms with Crippen molar-refractivity contribution in [2.24, 2.45) is 0 Å². The molecule has 0 fully saturated rings. The van der Waals surface area contributed by atoms with Crippen molar-refractivity contribution in [3.63, 3.8) is 0 Å². The van der Waals surface area contributed by atoms with Gasteiger partial charge < -0.3 is 15.7 Å². The minimum absolute atomic E-state index is 0.153. The van der Waals surface area contributed by atoms with Crippen molar-refractivity contribution in [3.8, 4) is 0 Å². The summed E-state index contributed by atoms with van der Waals surface area (Å²) in [6.07, 6.45) is 0.153. The number of rotatable bonds is 7. The van der Waals surface area contributed by atoms with E-state index in [1.165, 1.54) is 0 Å². The van der Waals surface area contributed by atoms with Crippen LogP contribution in [0.5, 0.6) is 0 Å². The molecular formula is C24H22N2O4. The van der Waals surface area contributed by atoms with Crippen LogP contribution >= 0.6 is 0 Å². The van der Waals surface area contributed by atoms with E-state index in [4.69, 9.17) is 0 Å². The number of carboxylic acids is 1. The number of aryl methyl sites for hydroxylation is 1. The van der Waals surface area contributed by atoms with Crippen LogP contribution in [-0.4, -0.2) is 28.9 Å². The Bertz CT molecular complexity index is 1050. The number of amides is 2. The Morgan fingerprint density at radius 1 is 0.833 bits per heavy atom.